The summed E-state index contributed by atoms with van der Waals surface area (Å²) in [4.78, 5) is 2.57. The third-order valence-corrected chi connectivity index (χ3v) is 3.86. The Hall–Kier alpha value is -0.710. The van der Waals surface area contributed by atoms with Crippen LogP contribution in [-0.4, -0.2) is 10.9 Å². The molecule has 0 amide bonds. The van der Waals surface area contributed by atoms with Gasteiger partial charge in [-0.3, -0.25) is 0 Å². The molecule has 0 saturated heterocycles. The fourth-order valence-corrected chi connectivity index (χ4v) is 2.86. The zero-order chi connectivity index (χ0) is 11.4. The van der Waals surface area contributed by atoms with Gasteiger partial charge in [-0.1, -0.05) is 19.9 Å². The minimum Gasteiger partial charge on any atom is -0.312 e. The molecule has 4 heteroatoms. The van der Waals surface area contributed by atoms with E-state index < -0.39 is 0 Å². The lowest BCUT2D eigenvalue weighted by Crippen LogP contribution is -2.18. The van der Waals surface area contributed by atoms with Crippen molar-refractivity contribution in [3.63, 3.8) is 0 Å². The average Bonchev–Trinajstić information content (AvgIpc) is 2.85. The Morgan fingerprint density at radius 2 is 2.31 bits per heavy atom. The van der Waals surface area contributed by atoms with Crippen molar-refractivity contribution in [1.29, 1.82) is 0 Å². The Balaban J connectivity index is 1.93. The van der Waals surface area contributed by atoms with Gasteiger partial charge in [-0.2, -0.15) is 4.37 Å². The maximum atomic E-state index is 4.47. The first-order valence-corrected chi connectivity index (χ1v) is 7.11. The van der Waals surface area contributed by atoms with Gasteiger partial charge >= 0.3 is 0 Å². The Labute approximate surface area is 105 Å². The van der Waals surface area contributed by atoms with Crippen molar-refractivity contribution in [3.05, 3.63) is 28.5 Å². The van der Waals surface area contributed by atoms with Gasteiger partial charge in [0.2, 0.25) is 0 Å². The van der Waals surface area contributed by atoms with Crippen molar-refractivity contribution >= 4 is 22.9 Å². The van der Waals surface area contributed by atoms with E-state index in [-0.39, 0.29) is 0 Å². The van der Waals surface area contributed by atoms with E-state index in [1.54, 1.807) is 22.9 Å². The molecule has 0 bridgehead atoms. The smallest absolute Gasteiger partial charge is 0.0943 e. The molecule has 2 nitrogen and oxygen atoms in total. The molecule has 0 spiro atoms. The lowest BCUT2D eigenvalue weighted by molar-refractivity contribution is 0.555. The first-order valence-electron chi connectivity index (χ1n) is 5.46. The molecule has 0 aliphatic rings. The highest BCUT2D eigenvalue weighted by Crippen LogP contribution is 2.25. The Morgan fingerprint density at radius 1 is 1.44 bits per heavy atom. The molecule has 1 N–H and O–H groups in total. The van der Waals surface area contributed by atoms with Crippen LogP contribution in [0.3, 0.4) is 0 Å². The van der Waals surface area contributed by atoms with Crippen LogP contribution in [0.15, 0.2) is 23.6 Å². The first kappa shape index (κ1) is 11.8. The maximum Gasteiger partial charge on any atom is 0.0943 e. The van der Waals surface area contributed by atoms with Crippen molar-refractivity contribution in [3.8, 4) is 10.6 Å². The molecule has 2 aromatic rings. The predicted octanol–water partition coefficient (Wildman–Crippen LogP) is 3.62. The van der Waals surface area contributed by atoms with Crippen molar-refractivity contribution in [2.75, 3.05) is 6.54 Å². The van der Waals surface area contributed by atoms with E-state index in [0.717, 1.165) is 18.8 Å². The lowest BCUT2D eigenvalue weighted by atomic mass is 10.2. The fourth-order valence-electron chi connectivity index (χ4n) is 1.42. The van der Waals surface area contributed by atoms with Crippen molar-refractivity contribution in [2.24, 2.45) is 5.92 Å². The maximum absolute atomic E-state index is 4.47. The van der Waals surface area contributed by atoms with E-state index in [4.69, 9.17) is 0 Å². The van der Waals surface area contributed by atoms with Gasteiger partial charge in [0, 0.05) is 11.4 Å². The summed E-state index contributed by atoms with van der Waals surface area (Å²) in [5.74, 6) is 0.699. The number of nitrogens with zero attached hydrogens (tertiary/aromatic N) is 1. The highest BCUT2D eigenvalue weighted by molar-refractivity contribution is 7.13. The van der Waals surface area contributed by atoms with Crippen LogP contribution < -0.4 is 5.32 Å². The summed E-state index contributed by atoms with van der Waals surface area (Å²) < 4.78 is 4.47. The highest BCUT2D eigenvalue weighted by Gasteiger charge is 2.05. The molecule has 2 aromatic heterocycles. The Morgan fingerprint density at radius 3 is 3.00 bits per heavy atom. The molecule has 0 aliphatic heterocycles. The standard InChI is InChI=1S/C12H16N2S2/c1-9(2)7-13-8-10-6-11(14-16-10)12-4-3-5-15-12/h3-6,9,13H,7-8H2,1-2H3. The molecule has 2 heterocycles. The number of hydrogen-bond donors (Lipinski definition) is 1. The van der Waals surface area contributed by atoms with Crippen molar-refractivity contribution < 1.29 is 0 Å². The van der Waals surface area contributed by atoms with Gasteiger partial charge in [-0.05, 0) is 41.5 Å². The van der Waals surface area contributed by atoms with Crippen molar-refractivity contribution in [2.45, 2.75) is 20.4 Å². The second-order valence-electron chi connectivity index (χ2n) is 4.18. The molecule has 2 rings (SSSR count). The van der Waals surface area contributed by atoms with Gasteiger partial charge < -0.3 is 5.32 Å². The topological polar surface area (TPSA) is 24.9 Å². The summed E-state index contributed by atoms with van der Waals surface area (Å²) in [5, 5.41) is 5.52. The van der Waals surface area contributed by atoms with E-state index >= 15 is 0 Å². The molecule has 0 saturated carbocycles. The third-order valence-electron chi connectivity index (χ3n) is 2.18. The van der Waals surface area contributed by atoms with Gasteiger partial charge in [-0.25, -0.2) is 0 Å². The normalized spacial score (nSPS) is 11.2. The largest absolute Gasteiger partial charge is 0.312 e. The number of hydrogen-bond acceptors (Lipinski definition) is 4. The van der Waals surface area contributed by atoms with E-state index in [0.29, 0.717) is 5.92 Å². The van der Waals surface area contributed by atoms with Gasteiger partial charge in [0.1, 0.15) is 0 Å². The molecule has 0 aliphatic carbocycles. The minimum atomic E-state index is 0.699. The molecular formula is C12H16N2S2. The predicted molar refractivity (Wildman–Crippen MR) is 72.0 cm³/mol. The van der Waals surface area contributed by atoms with Gasteiger partial charge in [0.05, 0.1) is 10.6 Å². The monoisotopic (exact) mass is 252 g/mol. The fraction of sp³-hybridized carbons (Fsp3) is 0.417. The van der Waals surface area contributed by atoms with Gasteiger partial charge in [0.25, 0.3) is 0 Å². The lowest BCUT2D eigenvalue weighted by Gasteiger charge is -2.04. The van der Waals surface area contributed by atoms with Crippen LogP contribution >= 0.6 is 22.9 Å². The van der Waals surface area contributed by atoms with Gasteiger partial charge in [-0.15, -0.1) is 11.3 Å². The number of rotatable bonds is 5. The zero-order valence-electron chi connectivity index (χ0n) is 9.56. The third kappa shape index (κ3) is 3.14. The van der Waals surface area contributed by atoms with E-state index in [9.17, 15) is 0 Å². The van der Waals surface area contributed by atoms with Gasteiger partial charge in [0.15, 0.2) is 0 Å². The summed E-state index contributed by atoms with van der Waals surface area (Å²) in [6.07, 6.45) is 0. The van der Waals surface area contributed by atoms with Crippen LogP contribution in [0.25, 0.3) is 10.6 Å². The average molecular weight is 252 g/mol. The summed E-state index contributed by atoms with van der Waals surface area (Å²) in [6.45, 7) is 6.43. The second-order valence-corrected chi connectivity index (χ2v) is 6.02. The van der Waals surface area contributed by atoms with Crippen LogP contribution in [-0.2, 0) is 6.54 Å². The molecule has 16 heavy (non-hydrogen) atoms. The Kier molecular flexibility index (Phi) is 4.09. The van der Waals surface area contributed by atoms with E-state index in [2.05, 4.69) is 47.1 Å². The highest BCUT2D eigenvalue weighted by atomic mass is 32.1. The molecule has 0 radical (unpaired) electrons. The summed E-state index contributed by atoms with van der Waals surface area (Å²) in [5.41, 5.74) is 1.11. The summed E-state index contributed by atoms with van der Waals surface area (Å²) in [6, 6.07) is 6.37. The molecular weight excluding hydrogens is 236 g/mol. The second kappa shape index (κ2) is 5.57. The Bertz CT molecular complexity index is 418. The summed E-state index contributed by atoms with van der Waals surface area (Å²) >= 11 is 3.34. The zero-order valence-corrected chi connectivity index (χ0v) is 11.2. The number of nitrogens with one attached hydrogen (secondary N) is 1. The summed E-state index contributed by atoms with van der Waals surface area (Å²) in [7, 11) is 0. The number of thiophene rings is 1. The van der Waals surface area contributed by atoms with Crippen LogP contribution in [0.5, 0.6) is 0 Å². The molecule has 0 aromatic carbocycles. The molecule has 86 valence electrons. The van der Waals surface area contributed by atoms with E-state index in [1.807, 2.05) is 0 Å². The SMILES string of the molecule is CC(C)CNCc1cc(-c2cccs2)ns1. The first-order chi connectivity index (χ1) is 7.75. The molecule has 0 fully saturated rings. The van der Waals surface area contributed by atoms with E-state index in [1.165, 1.54) is 9.75 Å². The van der Waals surface area contributed by atoms with Crippen LogP contribution in [0, 0.1) is 5.92 Å². The minimum absolute atomic E-state index is 0.699. The molecule has 0 atom stereocenters. The van der Waals surface area contributed by atoms with Crippen LogP contribution in [0.2, 0.25) is 0 Å². The van der Waals surface area contributed by atoms with Crippen LogP contribution in [0.4, 0.5) is 0 Å². The molecule has 0 unspecified atom stereocenters. The number of aromatic nitrogens is 1. The van der Waals surface area contributed by atoms with Crippen LogP contribution in [0.1, 0.15) is 18.7 Å². The van der Waals surface area contributed by atoms with Crippen molar-refractivity contribution in [1.82, 2.24) is 9.69 Å². The quantitative estimate of drug-likeness (QED) is 0.879.